The van der Waals surface area contributed by atoms with Crippen LogP contribution in [-0.2, 0) is 0 Å². The Morgan fingerprint density at radius 3 is 2.27 bits per heavy atom. The minimum absolute atomic E-state index is 0.114. The first kappa shape index (κ1) is 14.9. The van der Waals surface area contributed by atoms with Crippen LogP contribution in [0.1, 0.15) is 25.6 Å². The number of aromatic nitrogens is 1. The fourth-order valence-corrected chi connectivity index (χ4v) is 3.36. The number of fused-ring (bicyclic) bond motifs is 1. The van der Waals surface area contributed by atoms with E-state index in [1.54, 1.807) is 16.3 Å². The first-order chi connectivity index (χ1) is 10.5. The third kappa shape index (κ3) is 2.81. The summed E-state index contributed by atoms with van der Waals surface area (Å²) in [5, 5.41) is 1.12. The lowest BCUT2D eigenvalue weighted by Crippen LogP contribution is -2.25. The number of hydrogen-bond acceptors (Lipinski definition) is 2. The first-order valence-corrected chi connectivity index (χ1v) is 8.16. The van der Waals surface area contributed by atoms with E-state index >= 15 is 0 Å². The highest BCUT2D eigenvalue weighted by molar-refractivity contribution is 7.99. The van der Waals surface area contributed by atoms with Crippen LogP contribution in [0, 0.1) is 5.41 Å². The number of benzene rings is 2. The summed E-state index contributed by atoms with van der Waals surface area (Å²) in [6, 6.07) is 18.3. The van der Waals surface area contributed by atoms with Gasteiger partial charge in [0.25, 0.3) is 0 Å². The number of hydrogen-bond donors (Lipinski definition) is 0. The van der Waals surface area contributed by atoms with Crippen molar-refractivity contribution in [3.05, 3.63) is 60.8 Å². The summed E-state index contributed by atoms with van der Waals surface area (Å²) in [6.45, 7) is 5.86. The average Bonchev–Trinajstić information content (AvgIpc) is 2.85. The molecule has 0 saturated carbocycles. The van der Waals surface area contributed by atoms with Crippen LogP contribution in [0.3, 0.4) is 0 Å². The van der Waals surface area contributed by atoms with Crippen molar-refractivity contribution in [2.24, 2.45) is 5.41 Å². The topological polar surface area (TPSA) is 22.0 Å². The number of carbonyl (C=O) groups excluding carboxylic acids is 1. The van der Waals surface area contributed by atoms with Gasteiger partial charge in [0.1, 0.15) is 0 Å². The van der Waals surface area contributed by atoms with Gasteiger partial charge in [0.15, 0.2) is 0 Å². The molecule has 0 aliphatic carbocycles. The Labute approximate surface area is 135 Å². The number of nitrogens with zero attached hydrogens (tertiary/aromatic N) is 1. The Morgan fingerprint density at radius 1 is 0.955 bits per heavy atom. The standard InChI is InChI=1S/C19H19NOS/c1-19(2,3)18(21)20-13-17(15-11-7-8-12-16(15)20)22-14-9-5-4-6-10-14/h4-13H,1-3H3. The lowest BCUT2D eigenvalue weighted by atomic mass is 9.95. The SMILES string of the molecule is CC(C)(C)C(=O)n1cc(Sc2ccccc2)c2ccccc21. The van der Waals surface area contributed by atoms with Gasteiger partial charge in [0, 0.05) is 26.8 Å². The van der Waals surface area contributed by atoms with Crippen LogP contribution >= 0.6 is 11.8 Å². The average molecular weight is 309 g/mol. The van der Waals surface area contributed by atoms with E-state index in [4.69, 9.17) is 0 Å². The fraction of sp³-hybridized carbons (Fsp3) is 0.211. The zero-order chi connectivity index (χ0) is 15.7. The van der Waals surface area contributed by atoms with E-state index < -0.39 is 5.41 Å². The molecule has 3 aromatic rings. The Bertz CT molecular complexity index is 812. The molecule has 0 N–H and O–H groups in total. The van der Waals surface area contributed by atoms with Crippen molar-refractivity contribution in [3.8, 4) is 0 Å². The van der Waals surface area contributed by atoms with Gasteiger partial charge in [-0.15, -0.1) is 0 Å². The van der Waals surface area contributed by atoms with Crippen molar-refractivity contribution < 1.29 is 4.79 Å². The number of carbonyl (C=O) groups is 1. The summed E-state index contributed by atoms with van der Waals surface area (Å²) >= 11 is 1.69. The van der Waals surface area contributed by atoms with Crippen LogP contribution in [0.5, 0.6) is 0 Å². The van der Waals surface area contributed by atoms with E-state index in [0.29, 0.717) is 0 Å². The maximum absolute atomic E-state index is 12.7. The quantitative estimate of drug-likeness (QED) is 0.625. The Morgan fingerprint density at radius 2 is 1.59 bits per heavy atom. The van der Waals surface area contributed by atoms with Gasteiger partial charge in [-0.3, -0.25) is 9.36 Å². The van der Waals surface area contributed by atoms with E-state index in [1.165, 1.54) is 4.90 Å². The minimum Gasteiger partial charge on any atom is -0.286 e. The zero-order valence-electron chi connectivity index (χ0n) is 13.0. The maximum atomic E-state index is 12.7. The van der Waals surface area contributed by atoms with Gasteiger partial charge in [0.05, 0.1) is 5.52 Å². The molecule has 0 bridgehead atoms. The Kier molecular flexibility index (Phi) is 3.83. The molecule has 3 heteroatoms. The van der Waals surface area contributed by atoms with Crippen molar-refractivity contribution in [2.45, 2.75) is 30.6 Å². The van der Waals surface area contributed by atoms with Crippen LogP contribution in [0.15, 0.2) is 70.6 Å². The lowest BCUT2D eigenvalue weighted by Gasteiger charge is -2.17. The van der Waals surface area contributed by atoms with Crippen LogP contribution < -0.4 is 0 Å². The first-order valence-electron chi connectivity index (χ1n) is 7.34. The lowest BCUT2D eigenvalue weighted by molar-refractivity contribution is 0.0772. The smallest absolute Gasteiger partial charge is 0.236 e. The summed E-state index contributed by atoms with van der Waals surface area (Å²) in [5.41, 5.74) is 0.567. The normalized spacial score (nSPS) is 11.8. The molecule has 0 atom stereocenters. The Balaban J connectivity index is 2.10. The maximum Gasteiger partial charge on any atom is 0.236 e. The third-order valence-corrected chi connectivity index (χ3v) is 4.56. The molecular weight excluding hydrogens is 290 g/mol. The third-order valence-electron chi connectivity index (χ3n) is 3.51. The van der Waals surface area contributed by atoms with E-state index in [1.807, 2.05) is 63.4 Å². The molecule has 0 aliphatic heterocycles. The van der Waals surface area contributed by atoms with Gasteiger partial charge in [-0.25, -0.2) is 0 Å². The summed E-state index contributed by atoms with van der Waals surface area (Å²) in [5.74, 6) is 0.114. The summed E-state index contributed by atoms with van der Waals surface area (Å²) in [6.07, 6.45) is 1.97. The van der Waals surface area contributed by atoms with E-state index in [-0.39, 0.29) is 5.91 Å². The molecular formula is C19H19NOS. The second-order valence-electron chi connectivity index (χ2n) is 6.35. The summed E-state index contributed by atoms with van der Waals surface area (Å²) in [4.78, 5) is 15.0. The molecule has 22 heavy (non-hydrogen) atoms. The molecule has 1 heterocycles. The predicted octanol–water partition coefficient (Wildman–Crippen LogP) is 5.48. The molecule has 0 aliphatic rings. The van der Waals surface area contributed by atoms with Gasteiger partial charge in [-0.1, -0.05) is 68.9 Å². The molecule has 2 nitrogen and oxygen atoms in total. The second-order valence-corrected chi connectivity index (χ2v) is 7.47. The number of para-hydroxylation sites is 1. The minimum atomic E-state index is -0.406. The van der Waals surface area contributed by atoms with E-state index in [2.05, 4.69) is 18.2 Å². The predicted molar refractivity (Wildman–Crippen MR) is 92.6 cm³/mol. The van der Waals surface area contributed by atoms with Crippen molar-refractivity contribution in [2.75, 3.05) is 0 Å². The Hall–Kier alpha value is -2.00. The van der Waals surface area contributed by atoms with Gasteiger partial charge >= 0.3 is 0 Å². The largest absolute Gasteiger partial charge is 0.286 e. The molecule has 0 amide bonds. The van der Waals surface area contributed by atoms with Crippen molar-refractivity contribution in [1.29, 1.82) is 0 Å². The second kappa shape index (κ2) is 5.65. The molecule has 0 saturated heterocycles. The van der Waals surface area contributed by atoms with E-state index in [9.17, 15) is 4.79 Å². The molecule has 1 aromatic heterocycles. The molecule has 0 unspecified atom stereocenters. The molecule has 3 rings (SSSR count). The van der Waals surface area contributed by atoms with Crippen molar-refractivity contribution in [3.63, 3.8) is 0 Å². The van der Waals surface area contributed by atoms with Gasteiger partial charge in [-0.05, 0) is 18.2 Å². The fourth-order valence-electron chi connectivity index (χ4n) is 2.37. The van der Waals surface area contributed by atoms with Gasteiger partial charge in [0.2, 0.25) is 5.91 Å². The highest BCUT2D eigenvalue weighted by Gasteiger charge is 2.25. The molecule has 0 fully saturated rings. The van der Waals surface area contributed by atoms with Gasteiger partial charge < -0.3 is 0 Å². The van der Waals surface area contributed by atoms with Crippen LogP contribution in [0.4, 0.5) is 0 Å². The van der Waals surface area contributed by atoms with Crippen LogP contribution in [0.2, 0.25) is 0 Å². The van der Waals surface area contributed by atoms with Gasteiger partial charge in [-0.2, -0.15) is 0 Å². The summed E-state index contributed by atoms with van der Waals surface area (Å²) < 4.78 is 1.79. The highest BCUT2D eigenvalue weighted by Crippen LogP contribution is 2.35. The van der Waals surface area contributed by atoms with Crippen molar-refractivity contribution in [1.82, 2.24) is 4.57 Å². The monoisotopic (exact) mass is 309 g/mol. The van der Waals surface area contributed by atoms with Crippen LogP contribution in [-0.4, -0.2) is 10.5 Å². The van der Waals surface area contributed by atoms with Crippen LogP contribution in [0.25, 0.3) is 10.9 Å². The molecule has 2 aromatic carbocycles. The number of rotatable bonds is 2. The molecule has 0 spiro atoms. The summed E-state index contributed by atoms with van der Waals surface area (Å²) in [7, 11) is 0. The highest BCUT2D eigenvalue weighted by atomic mass is 32.2. The molecule has 112 valence electrons. The van der Waals surface area contributed by atoms with Crippen molar-refractivity contribution >= 4 is 28.6 Å². The van der Waals surface area contributed by atoms with E-state index in [0.717, 1.165) is 15.8 Å². The molecule has 0 radical (unpaired) electrons. The zero-order valence-corrected chi connectivity index (χ0v) is 13.9.